The number of hydrogen-bond acceptors (Lipinski definition) is 4. The maximum Gasteiger partial charge on any atom is 0.276 e. The molecule has 3 rings (SSSR count). The van der Waals surface area contributed by atoms with Crippen LogP contribution in [0, 0.1) is 4.77 Å². The minimum atomic E-state index is -0.0895. The number of aromatic amines is 1. The van der Waals surface area contributed by atoms with E-state index in [1.54, 1.807) is 7.11 Å². The van der Waals surface area contributed by atoms with Gasteiger partial charge in [0.1, 0.15) is 4.70 Å². The molecule has 102 valence electrons. The number of ether oxygens (including phenoxy) is 1. The molecular formula is C14H12N2O2S2. The van der Waals surface area contributed by atoms with E-state index < -0.39 is 0 Å². The van der Waals surface area contributed by atoms with Crippen LogP contribution in [0.25, 0.3) is 15.9 Å². The lowest BCUT2D eigenvalue weighted by Gasteiger charge is -2.08. The summed E-state index contributed by atoms with van der Waals surface area (Å²) in [5.74, 6) is 0. The molecule has 4 nitrogen and oxygen atoms in total. The van der Waals surface area contributed by atoms with Gasteiger partial charge in [-0.3, -0.25) is 9.36 Å². The molecule has 0 aliphatic carbocycles. The Kier molecular flexibility index (Phi) is 3.52. The number of nitrogens with zero attached hydrogens (tertiary/aromatic N) is 1. The average molecular weight is 304 g/mol. The molecule has 0 spiro atoms. The fourth-order valence-electron chi connectivity index (χ4n) is 2.12. The molecule has 1 aromatic carbocycles. The zero-order valence-electron chi connectivity index (χ0n) is 10.8. The van der Waals surface area contributed by atoms with Gasteiger partial charge in [-0.1, -0.05) is 12.1 Å². The number of aromatic nitrogens is 2. The summed E-state index contributed by atoms with van der Waals surface area (Å²) in [6.07, 6.45) is 0. The number of nitrogens with one attached hydrogen (secondary N) is 1. The molecule has 0 saturated heterocycles. The van der Waals surface area contributed by atoms with E-state index in [9.17, 15) is 4.79 Å². The number of thiophene rings is 1. The Balaban J connectivity index is 2.26. The van der Waals surface area contributed by atoms with E-state index in [1.807, 2.05) is 35.7 Å². The standard InChI is InChI=1S/C14H12N2O2S2/c1-18-8-9-3-2-4-10(7-9)16-13(17)12-11(5-6-20-12)15-14(16)19/h2-7H,8H2,1H3,(H,15,19). The van der Waals surface area contributed by atoms with Crippen molar-refractivity contribution >= 4 is 33.8 Å². The van der Waals surface area contributed by atoms with Crippen LogP contribution in [-0.4, -0.2) is 16.7 Å². The highest BCUT2D eigenvalue weighted by Gasteiger charge is 2.08. The second-order valence-corrected chi connectivity index (χ2v) is 5.64. The minimum absolute atomic E-state index is 0.0895. The molecule has 0 atom stereocenters. The minimum Gasteiger partial charge on any atom is -0.380 e. The van der Waals surface area contributed by atoms with E-state index in [1.165, 1.54) is 15.9 Å². The number of rotatable bonds is 3. The molecular weight excluding hydrogens is 292 g/mol. The Morgan fingerprint density at radius 2 is 2.25 bits per heavy atom. The summed E-state index contributed by atoms with van der Waals surface area (Å²) in [5.41, 5.74) is 2.45. The van der Waals surface area contributed by atoms with Crippen LogP contribution in [0.15, 0.2) is 40.5 Å². The van der Waals surface area contributed by atoms with Crippen molar-refractivity contribution in [3.63, 3.8) is 0 Å². The molecule has 0 bridgehead atoms. The maximum absolute atomic E-state index is 12.5. The highest BCUT2D eigenvalue weighted by Crippen LogP contribution is 2.16. The summed E-state index contributed by atoms with van der Waals surface area (Å²) in [4.78, 5) is 15.6. The lowest BCUT2D eigenvalue weighted by Crippen LogP contribution is -2.19. The van der Waals surface area contributed by atoms with Crippen molar-refractivity contribution in [2.75, 3.05) is 7.11 Å². The van der Waals surface area contributed by atoms with E-state index in [-0.39, 0.29) is 5.56 Å². The van der Waals surface area contributed by atoms with Gasteiger partial charge in [-0.2, -0.15) is 0 Å². The largest absolute Gasteiger partial charge is 0.380 e. The predicted molar refractivity (Wildman–Crippen MR) is 83.3 cm³/mol. The molecule has 0 fully saturated rings. The van der Waals surface area contributed by atoms with E-state index >= 15 is 0 Å². The molecule has 20 heavy (non-hydrogen) atoms. The fraction of sp³-hybridized carbons (Fsp3) is 0.143. The van der Waals surface area contributed by atoms with E-state index in [2.05, 4.69) is 4.98 Å². The summed E-state index contributed by atoms with van der Waals surface area (Å²) >= 11 is 6.71. The van der Waals surface area contributed by atoms with E-state index in [0.29, 0.717) is 16.1 Å². The van der Waals surface area contributed by atoms with Gasteiger partial charge in [0.25, 0.3) is 5.56 Å². The first-order valence-electron chi connectivity index (χ1n) is 6.01. The van der Waals surface area contributed by atoms with Crippen LogP contribution >= 0.6 is 23.6 Å². The van der Waals surface area contributed by atoms with Crippen LogP contribution in [0.2, 0.25) is 0 Å². The molecule has 2 aromatic heterocycles. The second-order valence-electron chi connectivity index (χ2n) is 4.34. The van der Waals surface area contributed by atoms with Crippen molar-refractivity contribution in [3.8, 4) is 5.69 Å². The van der Waals surface area contributed by atoms with E-state index in [4.69, 9.17) is 17.0 Å². The van der Waals surface area contributed by atoms with Gasteiger partial charge >= 0.3 is 0 Å². The van der Waals surface area contributed by atoms with Gasteiger partial charge in [-0.25, -0.2) is 0 Å². The van der Waals surface area contributed by atoms with E-state index in [0.717, 1.165) is 16.8 Å². The summed E-state index contributed by atoms with van der Waals surface area (Å²) in [5, 5.41) is 1.88. The Hall–Kier alpha value is -1.76. The molecule has 0 aliphatic rings. The highest BCUT2D eigenvalue weighted by molar-refractivity contribution is 7.71. The molecule has 0 amide bonds. The van der Waals surface area contributed by atoms with Crippen LogP contribution < -0.4 is 5.56 Å². The predicted octanol–water partition coefficient (Wildman–Crippen LogP) is 3.26. The van der Waals surface area contributed by atoms with Crippen molar-refractivity contribution in [2.24, 2.45) is 0 Å². The fourth-order valence-corrected chi connectivity index (χ4v) is 3.20. The van der Waals surface area contributed by atoms with Crippen molar-refractivity contribution < 1.29 is 4.74 Å². The number of methoxy groups -OCH3 is 1. The SMILES string of the molecule is COCc1cccc(-n2c(=S)[nH]c3ccsc3c2=O)c1. The average Bonchev–Trinajstić information content (AvgIpc) is 2.88. The molecule has 1 N–H and O–H groups in total. The van der Waals surface area contributed by atoms with Crippen LogP contribution in [0.5, 0.6) is 0 Å². The summed E-state index contributed by atoms with van der Waals surface area (Å²) in [6, 6.07) is 9.48. The van der Waals surface area contributed by atoms with Crippen LogP contribution in [-0.2, 0) is 11.3 Å². The number of hydrogen-bond donors (Lipinski definition) is 1. The smallest absolute Gasteiger partial charge is 0.276 e. The third-order valence-corrected chi connectivity index (χ3v) is 4.17. The Morgan fingerprint density at radius 3 is 3.05 bits per heavy atom. The number of fused-ring (bicyclic) bond motifs is 1. The van der Waals surface area contributed by atoms with Gasteiger partial charge in [0, 0.05) is 7.11 Å². The van der Waals surface area contributed by atoms with Gasteiger partial charge in [0.2, 0.25) is 0 Å². The quantitative estimate of drug-likeness (QED) is 0.756. The summed E-state index contributed by atoms with van der Waals surface area (Å²) < 4.78 is 7.71. The maximum atomic E-state index is 12.5. The molecule has 0 saturated carbocycles. The van der Waals surface area contributed by atoms with Crippen molar-refractivity contribution in [1.29, 1.82) is 0 Å². The molecule has 2 heterocycles. The first kappa shape index (κ1) is 13.2. The van der Waals surface area contributed by atoms with Gasteiger partial charge in [0.15, 0.2) is 4.77 Å². The summed E-state index contributed by atoms with van der Waals surface area (Å²) in [6.45, 7) is 0.500. The number of H-pyrrole nitrogens is 1. The lowest BCUT2D eigenvalue weighted by atomic mass is 10.2. The molecule has 0 radical (unpaired) electrons. The summed E-state index contributed by atoms with van der Waals surface area (Å²) in [7, 11) is 1.64. The van der Waals surface area contributed by atoms with Gasteiger partial charge in [0.05, 0.1) is 17.8 Å². The van der Waals surface area contributed by atoms with Crippen molar-refractivity contribution in [2.45, 2.75) is 6.61 Å². The monoisotopic (exact) mass is 304 g/mol. The normalized spacial score (nSPS) is 11.1. The Labute approximate surface area is 124 Å². The van der Waals surface area contributed by atoms with Crippen LogP contribution in [0.1, 0.15) is 5.56 Å². The molecule has 6 heteroatoms. The topological polar surface area (TPSA) is 47.0 Å². The Bertz CT molecular complexity index is 877. The first-order valence-corrected chi connectivity index (χ1v) is 7.30. The Morgan fingerprint density at radius 1 is 1.40 bits per heavy atom. The van der Waals surface area contributed by atoms with Crippen LogP contribution in [0.3, 0.4) is 0 Å². The van der Waals surface area contributed by atoms with Gasteiger partial charge < -0.3 is 9.72 Å². The zero-order valence-corrected chi connectivity index (χ0v) is 12.4. The van der Waals surface area contributed by atoms with Gasteiger partial charge in [-0.05, 0) is 41.4 Å². The van der Waals surface area contributed by atoms with Gasteiger partial charge in [-0.15, -0.1) is 11.3 Å². The molecule has 0 unspecified atom stereocenters. The number of benzene rings is 1. The second kappa shape index (κ2) is 5.32. The highest BCUT2D eigenvalue weighted by atomic mass is 32.1. The zero-order chi connectivity index (χ0) is 14.1. The molecule has 0 aliphatic heterocycles. The third-order valence-electron chi connectivity index (χ3n) is 2.99. The lowest BCUT2D eigenvalue weighted by molar-refractivity contribution is 0.185. The third kappa shape index (κ3) is 2.22. The first-order chi connectivity index (χ1) is 9.70. The van der Waals surface area contributed by atoms with Crippen LogP contribution in [0.4, 0.5) is 0 Å². The molecule has 3 aromatic rings. The van der Waals surface area contributed by atoms with Crippen molar-refractivity contribution in [3.05, 3.63) is 56.4 Å². The van der Waals surface area contributed by atoms with Crippen molar-refractivity contribution in [1.82, 2.24) is 9.55 Å².